The SMILES string of the molecule is COc1cccc(CNc2ccc(C)c(Cl)c2)c1OCc1cccc(Cl)c1. The average molecular weight is 402 g/mol. The number of hydrogen-bond donors (Lipinski definition) is 1. The predicted molar refractivity (Wildman–Crippen MR) is 112 cm³/mol. The molecule has 0 bridgehead atoms. The van der Waals surface area contributed by atoms with Crippen LogP contribution in [0.25, 0.3) is 0 Å². The highest BCUT2D eigenvalue weighted by atomic mass is 35.5. The normalized spacial score (nSPS) is 10.5. The second-order valence-electron chi connectivity index (χ2n) is 6.18. The van der Waals surface area contributed by atoms with Crippen LogP contribution < -0.4 is 14.8 Å². The lowest BCUT2D eigenvalue weighted by atomic mass is 10.1. The van der Waals surface area contributed by atoms with Gasteiger partial charge in [0, 0.05) is 27.8 Å². The molecule has 1 N–H and O–H groups in total. The number of methoxy groups -OCH3 is 1. The fraction of sp³-hybridized carbons (Fsp3) is 0.182. The molecule has 0 atom stereocenters. The minimum absolute atomic E-state index is 0.407. The Balaban J connectivity index is 1.77. The van der Waals surface area contributed by atoms with Gasteiger partial charge in [-0.1, -0.05) is 53.5 Å². The Labute approximate surface area is 169 Å². The highest BCUT2D eigenvalue weighted by molar-refractivity contribution is 6.31. The van der Waals surface area contributed by atoms with E-state index in [0.717, 1.165) is 27.4 Å². The van der Waals surface area contributed by atoms with Gasteiger partial charge >= 0.3 is 0 Å². The minimum Gasteiger partial charge on any atom is -0.493 e. The number of halogens is 2. The molecule has 5 heteroatoms. The van der Waals surface area contributed by atoms with E-state index in [1.807, 2.05) is 67.6 Å². The third-order valence-corrected chi connectivity index (χ3v) is 4.85. The maximum Gasteiger partial charge on any atom is 0.166 e. The van der Waals surface area contributed by atoms with Crippen LogP contribution in [0.4, 0.5) is 5.69 Å². The smallest absolute Gasteiger partial charge is 0.166 e. The van der Waals surface area contributed by atoms with Crippen molar-refractivity contribution in [3.8, 4) is 11.5 Å². The van der Waals surface area contributed by atoms with E-state index in [2.05, 4.69) is 5.32 Å². The molecule has 140 valence electrons. The summed E-state index contributed by atoms with van der Waals surface area (Å²) >= 11 is 12.3. The van der Waals surface area contributed by atoms with Gasteiger partial charge in [0.1, 0.15) is 6.61 Å². The lowest BCUT2D eigenvalue weighted by Crippen LogP contribution is -2.05. The molecule has 0 amide bonds. The van der Waals surface area contributed by atoms with Crippen molar-refractivity contribution in [3.05, 3.63) is 87.4 Å². The Bertz CT molecular complexity index is 928. The zero-order valence-electron chi connectivity index (χ0n) is 15.3. The van der Waals surface area contributed by atoms with E-state index in [9.17, 15) is 0 Å². The van der Waals surface area contributed by atoms with E-state index < -0.39 is 0 Å². The first-order chi connectivity index (χ1) is 13.1. The molecule has 0 saturated heterocycles. The number of benzene rings is 3. The molecule has 0 aliphatic carbocycles. The van der Waals surface area contributed by atoms with Gasteiger partial charge in [0.25, 0.3) is 0 Å². The maximum atomic E-state index is 6.21. The zero-order chi connectivity index (χ0) is 19.2. The molecule has 0 radical (unpaired) electrons. The third kappa shape index (κ3) is 5.09. The first-order valence-electron chi connectivity index (χ1n) is 8.60. The van der Waals surface area contributed by atoms with Crippen molar-refractivity contribution >= 4 is 28.9 Å². The van der Waals surface area contributed by atoms with Crippen LogP contribution in [-0.2, 0) is 13.2 Å². The molecule has 0 heterocycles. The molecule has 0 aliphatic heterocycles. The molecule has 3 aromatic rings. The first kappa shape index (κ1) is 19.4. The van der Waals surface area contributed by atoms with Crippen LogP contribution in [-0.4, -0.2) is 7.11 Å². The van der Waals surface area contributed by atoms with Crippen molar-refractivity contribution < 1.29 is 9.47 Å². The fourth-order valence-electron chi connectivity index (χ4n) is 2.71. The second-order valence-corrected chi connectivity index (χ2v) is 7.03. The number of anilines is 1. The van der Waals surface area contributed by atoms with Crippen LogP contribution in [0.3, 0.4) is 0 Å². The van der Waals surface area contributed by atoms with Crippen LogP contribution in [0.2, 0.25) is 10.0 Å². The summed E-state index contributed by atoms with van der Waals surface area (Å²) in [4.78, 5) is 0. The summed E-state index contributed by atoms with van der Waals surface area (Å²) in [6.45, 7) is 2.97. The number of ether oxygens (including phenoxy) is 2. The molecule has 3 aromatic carbocycles. The van der Waals surface area contributed by atoms with Gasteiger partial charge in [-0.15, -0.1) is 0 Å². The molecule has 0 aliphatic rings. The van der Waals surface area contributed by atoms with E-state index in [4.69, 9.17) is 32.7 Å². The Morgan fingerprint density at radius 1 is 0.963 bits per heavy atom. The summed E-state index contributed by atoms with van der Waals surface area (Å²) in [5.74, 6) is 1.41. The minimum atomic E-state index is 0.407. The molecule has 0 unspecified atom stereocenters. The number of rotatable bonds is 7. The summed E-state index contributed by atoms with van der Waals surface area (Å²) < 4.78 is 11.6. The van der Waals surface area contributed by atoms with Crippen molar-refractivity contribution in [1.29, 1.82) is 0 Å². The van der Waals surface area contributed by atoms with Crippen molar-refractivity contribution in [2.24, 2.45) is 0 Å². The topological polar surface area (TPSA) is 30.5 Å². The lowest BCUT2D eigenvalue weighted by molar-refractivity contribution is 0.281. The van der Waals surface area contributed by atoms with Crippen LogP contribution in [0.15, 0.2) is 60.7 Å². The largest absolute Gasteiger partial charge is 0.493 e. The summed E-state index contributed by atoms with van der Waals surface area (Å²) in [5.41, 5.74) is 3.99. The standard InChI is InChI=1S/C22H21Cl2NO2/c1-15-9-10-19(12-20(15)24)25-13-17-6-4-8-21(26-2)22(17)27-14-16-5-3-7-18(23)11-16/h3-12,25H,13-14H2,1-2H3. The van der Waals surface area contributed by atoms with Crippen LogP contribution >= 0.6 is 23.2 Å². The van der Waals surface area contributed by atoms with E-state index in [1.165, 1.54) is 0 Å². The van der Waals surface area contributed by atoms with Crippen molar-refractivity contribution in [1.82, 2.24) is 0 Å². The van der Waals surface area contributed by atoms with Crippen LogP contribution in [0.1, 0.15) is 16.7 Å². The summed E-state index contributed by atoms with van der Waals surface area (Å²) in [5, 5.41) is 4.81. The molecule has 3 nitrogen and oxygen atoms in total. The number of para-hydroxylation sites is 1. The van der Waals surface area contributed by atoms with Crippen molar-refractivity contribution in [2.75, 3.05) is 12.4 Å². The quantitative estimate of drug-likeness (QED) is 0.489. The summed E-state index contributed by atoms with van der Waals surface area (Å²) in [6.07, 6.45) is 0. The van der Waals surface area contributed by atoms with Gasteiger partial charge in [-0.25, -0.2) is 0 Å². The van der Waals surface area contributed by atoms with Crippen molar-refractivity contribution in [3.63, 3.8) is 0 Å². The number of hydrogen-bond acceptors (Lipinski definition) is 3. The van der Waals surface area contributed by atoms with E-state index in [1.54, 1.807) is 7.11 Å². The Morgan fingerprint density at radius 3 is 2.52 bits per heavy atom. The molecule has 0 saturated carbocycles. The van der Waals surface area contributed by atoms with Gasteiger partial charge in [-0.3, -0.25) is 0 Å². The Hall–Kier alpha value is -2.36. The molecule has 3 rings (SSSR count). The van der Waals surface area contributed by atoms with Gasteiger partial charge in [-0.2, -0.15) is 0 Å². The van der Waals surface area contributed by atoms with E-state index in [0.29, 0.717) is 29.7 Å². The van der Waals surface area contributed by atoms with Gasteiger partial charge in [0.15, 0.2) is 11.5 Å². The van der Waals surface area contributed by atoms with Crippen LogP contribution in [0, 0.1) is 6.92 Å². The van der Waals surface area contributed by atoms with Gasteiger partial charge in [0.2, 0.25) is 0 Å². The van der Waals surface area contributed by atoms with Crippen LogP contribution in [0.5, 0.6) is 11.5 Å². The zero-order valence-corrected chi connectivity index (χ0v) is 16.8. The second kappa shape index (κ2) is 9.03. The fourth-order valence-corrected chi connectivity index (χ4v) is 3.10. The molecule has 0 fully saturated rings. The molecule has 0 aromatic heterocycles. The summed E-state index contributed by atoms with van der Waals surface area (Å²) in [6, 6.07) is 19.4. The highest BCUT2D eigenvalue weighted by Crippen LogP contribution is 2.33. The Morgan fingerprint density at radius 2 is 1.78 bits per heavy atom. The van der Waals surface area contributed by atoms with Crippen molar-refractivity contribution in [2.45, 2.75) is 20.1 Å². The average Bonchev–Trinajstić information content (AvgIpc) is 2.67. The van der Waals surface area contributed by atoms with E-state index in [-0.39, 0.29) is 0 Å². The van der Waals surface area contributed by atoms with Gasteiger partial charge in [-0.05, 0) is 48.4 Å². The predicted octanol–water partition coefficient (Wildman–Crippen LogP) is 6.50. The number of aryl methyl sites for hydroxylation is 1. The molecule has 0 spiro atoms. The maximum absolute atomic E-state index is 6.21. The third-order valence-electron chi connectivity index (χ3n) is 4.21. The first-order valence-corrected chi connectivity index (χ1v) is 9.35. The molecular formula is C22H21Cl2NO2. The molecule has 27 heavy (non-hydrogen) atoms. The monoisotopic (exact) mass is 401 g/mol. The van der Waals surface area contributed by atoms with Gasteiger partial charge in [0.05, 0.1) is 7.11 Å². The number of nitrogens with one attached hydrogen (secondary N) is 1. The highest BCUT2D eigenvalue weighted by Gasteiger charge is 2.11. The molecular weight excluding hydrogens is 381 g/mol. The van der Waals surface area contributed by atoms with E-state index >= 15 is 0 Å². The van der Waals surface area contributed by atoms with Gasteiger partial charge < -0.3 is 14.8 Å². The lowest BCUT2D eigenvalue weighted by Gasteiger charge is -2.16. The Kier molecular flexibility index (Phi) is 6.49. The summed E-state index contributed by atoms with van der Waals surface area (Å²) in [7, 11) is 1.64.